The monoisotopic (exact) mass is 312 g/mol. The van der Waals surface area contributed by atoms with E-state index < -0.39 is 0 Å². The molecule has 0 bridgehead atoms. The van der Waals surface area contributed by atoms with Crippen molar-refractivity contribution in [2.75, 3.05) is 31.6 Å². The number of nitrogens with zero attached hydrogens (tertiary/aromatic N) is 4. The Morgan fingerprint density at radius 1 is 1.33 bits per heavy atom. The van der Waals surface area contributed by atoms with Crippen molar-refractivity contribution in [3.8, 4) is 0 Å². The molecule has 1 saturated heterocycles. The van der Waals surface area contributed by atoms with Crippen LogP contribution in [-0.2, 0) is 6.42 Å². The second kappa shape index (κ2) is 5.97. The molecule has 0 aromatic carbocycles. The summed E-state index contributed by atoms with van der Waals surface area (Å²) in [5.74, 6) is 1.96. The Bertz CT molecular complexity index is 410. The van der Waals surface area contributed by atoms with Gasteiger partial charge in [0.25, 0.3) is 0 Å². The Hall–Kier alpha value is -0.680. The highest BCUT2D eigenvalue weighted by molar-refractivity contribution is 9.10. The standard InChI is InChI=1S/C13H21BrN4/c1-4-10-9-18(7-6-17(10)3)13-8-11(14)15-12(5-2)16-13/h8,10H,4-7,9H2,1-3H3. The lowest BCUT2D eigenvalue weighted by molar-refractivity contribution is 0.213. The summed E-state index contributed by atoms with van der Waals surface area (Å²) in [6.07, 6.45) is 2.05. The first kappa shape index (κ1) is 13.7. The van der Waals surface area contributed by atoms with Crippen molar-refractivity contribution in [3.63, 3.8) is 0 Å². The molecule has 0 radical (unpaired) electrons. The molecule has 2 heterocycles. The van der Waals surface area contributed by atoms with Gasteiger partial charge < -0.3 is 4.90 Å². The van der Waals surface area contributed by atoms with E-state index in [4.69, 9.17) is 0 Å². The van der Waals surface area contributed by atoms with Crippen LogP contribution in [0, 0.1) is 0 Å². The van der Waals surface area contributed by atoms with Crippen molar-refractivity contribution in [2.45, 2.75) is 32.7 Å². The maximum atomic E-state index is 4.64. The third-order valence-corrected chi connectivity index (χ3v) is 4.02. The van der Waals surface area contributed by atoms with Crippen molar-refractivity contribution < 1.29 is 0 Å². The van der Waals surface area contributed by atoms with Gasteiger partial charge in [-0.1, -0.05) is 13.8 Å². The van der Waals surface area contributed by atoms with E-state index in [1.165, 1.54) is 6.42 Å². The Morgan fingerprint density at radius 2 is 2.11 bits per heavy atom. The molecule has 1 fully saturated rings. The Kier molecular flexibility index (Phi) is 4.56. The van der Waals surface area contributed by atoms with E-state index in [9.17, 15) is 0 Å². The fourth-order valence-electron chi connectivity index (χ4n) is 2.37. The smallest absolute Gasteiger partial charge is 0.133 e. The summed E-state index contributed by atoms with van der Waals surface area (Å²) in [4.78, 5) is 13.8. The molecule has 0 N–H and O–H groups in total. The number of aromatic nitrogens is 2. The predicted octanol–water partition coefficient (Wildman–Crippen LogP) is 2.33. The van der Waals surface area contributed by atoms with Gasteiger partial charge in [0, 0.05) is 38.2 Å². The van der Waals surface area contributed by atoms with E-state index >= 15 is 0 Å². The van der Waals surface area contributed by atoms with Crippen molar-refractivity contribution in [3.05, 3.63) is 16.5 Å². The van der Waals surface area contributed by atoms with Gasteiger partial charge in [0.05, 0.1) is 0 Å². The lowest BCUT2D eigenvalue weighted by Gasteiger charge is -2.39. The number of aryl methyl sites for hydroxylation is 1. The number of halogens is 1. The van der Waals surface area contributed by atoms with Crippen LogP contribution in [-0.4, -0.2) is 47.6 Å². The summed E-state index contributed by atoms with van der Waals surface area (Å²) in [7, 11) is 2.21. The third kappa shape index (κ3) is 3.01. The van der Waals surface area contributed by atoms with E-state index in [1.54, 1.807) is 0 Å². The van der Waals surface area contributed by atoms with Gasteiger partial charge in [0.15, 0.2) is 0 Å². The summed E-state index contributed by atoms with van der Waals surface area (Å²) in [6.45, 7) is 7.53. The molecule has 1 aromatic rings. The van der Waals surface area contributed by atoms with E-state index in [0.717, 1.165) is 42.3 Å². The lowest BCUT2D eigenvalue weighted by Crippen LogP contribution is -2.51. The van der Waals surface area contributed by atoms with Crippen LogP contribution in [0.5, 0.6) is 0 Å². The lowest BCUT2D eigenvalue weighted by atomic mass is 10.1. The molecule has 4 nitrogen and oxygen atoms in total. The van der Waals surface area contributed by atoms with Crippen LogP contribution in [0.15, 0.2) is 10.7 Å². The number of hydrogen-bond acceptors (Lipinski definition) is 4. The second-order valence-corrected chi connectivity index (χ2v) is 5.62. The van der Waals surface area contributed by atoms with Gasteiger partial charge in [0.1, 0.15) is 16.2 Å². The Labute approximate surface area is 118 Å². The molecule has 2 rings (SSSR count). The predicted molar refractivity (Wildman–Crippen MR) is 78.0 cm³/mol. The Balaban J connectivity index is 2.18. The summed E-state index contributed by atoms with van der Waals surface area (Å²) in [6, 6.07) is 2.65. The number of likely N-dealkylation sites (N-methyl/N-ethyl adjacent to an activating group) is 1. The zero-order valence-electron chi connectivity index (χ0n) is 11.4. The van der Waals surface area contributed by atoms with Crippen LogP contribution in [0.1, 0.15) is 26.1 Å². The average Bonchev–Trinajstić information content (AvgIpc) is 2.38. The molecule has 100 valence electrons. The summed E-state index contributed by atoms with van der Waals surface area (Å²) >= 11 is 3.48. The molecule has 1 atom stereocenters. The largest absolute Gasteiger partial charge is 0.354 e. The van der Waals surface area contributed by atoms with Crippen LogP contribution < -0.4 is 4.90 Å². The first-order valence-electron chi connectivity index (χ1n) is 6.62. The molecule has 1 aromatic heterocycles. The fourth-order valence-corrected chi connectivity index (χ4v) is 2.78. The van der Waals surface area contributed by atoms with Crippen LogP contribution >= 0.6 is 15.9 Å². The van der Waals surface area contributed by atoms with Crippen LogP contribution in [0.2, 0.25) is 0 Å². The highest BCUT2D eigenvalue weighted by atomic mass is 79.9. The van der Waals surface area contributed by atoms with E-state index in [-0.39, 0.29) is 0 Å². The quantitative estimate of drug-likeness (QED) is 0.802. The van der Waals surface area contributed by atoms with E-state index in [1.807, 2.05) is 6.07 Å². The van der Waals surface area contributed by atoms with Gasteiger partial charge >= 0.3 is 0 Å². The average molecular weight is 313 g/mol. The van der Waals surface area contributed by atoms with Gasteiger partial charge in [-0.15, -0.1) is 0 Å². The van der Waals surface area contributed by atoms with Gasteiger partial charge in [0.2, 0.25) is 0 Å². The molecular weight excluding hydrogens is 292 g/mol. The van der Waals surface area contributed by atoms with Crippen molar-refractivity contribution in [1.82, 2.24) is 14.9 Å². The van der Waals surface area contributed by atoms with Crippen LogP contribution in [0.25, 0.3) is 0 Å². The number of piperazine rings is 1. The number of anilines is 1. The van der Waals surface area contributed by atoms with E-state index in [2.05, 4.69) is 56.6 Å². The molecule has 5 heteroatoms. The van der Waals surface area contributed by atoms with Crippen molar-refractivity contribution in [1.29, 1.82) is 0 Å². The summed E-state index contributed by atoms with van der Waals surface area (Å²) in [5, 5.41) is 0. The maximum absolute atomic E-state index is 4.64. The number of hydrogen-bond donors (Lipinski definition) is 0. The topological polar surface area (TPSA) is 32.3 Å². The van der Waals surface area contributed by atoms with Gasteiger partial charge in [-0.25, -0.2) is 9.97 Å². The summed E-state index contributed by atoms with van der Waals surface area (Å²) in [5.41, 5.74) is 0. The summed E-state index contributed by atoms with van der Waals surface area (Å²) < 4.78 is 0.885. The molecule has 1 unspecified atom stereocenters. The molecule has 0 amide bonds. The van der Waals surface area contributed by atoms with Gasteiger partial charge in [-0.2, -0.15) is 0 Å². The molecular formula is C13H21BrN4. The number of rotatable bonds is 3. The first-order chi connectivity index (χ1) is 8.63. The van der Waals surface area contributed by atoms with Gasteiger partial charge in [-0.05, 0) is 29.4 Å². The third-order valence-electron chi connectivity index (χ3n) is 3.62. The molecule has 1 aliphatic rings. The minimum Gasteiger partial charge on any atom is -0.354 e. The van der Waals surface area contributed by atoms with Crippen LogP contribution in [0.3, 0.4) is 0 Å². The zero-order chi connectivity index (χ0) is 13.1. The SMILES string of the molecule is CCc1nc(Br)cc(N2CCN(C)C(CC)C2)n1. The normalized spacial score (nSPS) is 21.3. The minimum atomic E-state index is 0.623. The van der Waals surface area contributed by atoms with Crippen LogP contribution in [0.4, 0.5) is 5.82 Å². The Morgan fingerprint density at radius 3 is 2.78 bits per heavy atom. The van der Waals surface area contributed by atoms with Crippen molar-refractivity contribution in [2.24, 2.45) is 0 Å². The zero-order valence-corrected chi connectivity index (χ0v) is 12.9. The first-order valence-corrected chi connectivity index (χ1v) is 7.42. The van der Waals surface area contributed by atoms with E-state index in [0.29, 0.717) is 6.04 Å². The molecule has 0 spiro atoms. The molecule has 0 aliphatic carbocycles. The maximum Gasteiger partial charge on any atom is 0.133 e. The van der Waals surface area contributed by atoms with Gasteiger partial charge in [-0.3, -0.25) is 4.90 Å². The highest BCUT2D eigenvalue weighted by Crippen LogP contribution is 2.20. The molecule has 18 heavy (non-hydrogen) atoms. The second-order valence-electron chi connectivity index (χ2n) is 4.81. The fraction of sp³-hybridized carbons (Fsp3) is 0.692. The molecule has 0 saturated carbocycles. The molecule has 1 aliphatic heterocycles. The highest BCUT2D eigenvalue weighted by Gasteiger charge is 2.24. The minimum absolute atomic E-state index is 0.623. The van der Waals surface area contributed by atoms with Crippen molar-refractivity contribution >= 4 is 21.7 Å².